The highest BCUT2D eigenvalue weighted by atomic mass is 16.5. The summed E-state index contributed by atoms with van der Waals surface area (Å²) in [5.41, 5.74) is 11.2. The monoisotopic (exact) mass is 668 g/mol. The number of anilines is 1. The summed E-state index contributed by atoms with van der Waals surface area (Å²) in [6.45, 7) is 4.99. The molecular weight excluding hydrogens is 628 g/mol. The fourth-order valence-electron chi connectivity index (χ4n) is 6.46. The van der Waals surface area contributed by atoms with Gasteiger partial charge in [0.25, 0.3) is 11.5 Å². The zero-order chi connectivity index (χ0) is 34.6. The van der Waals surface area contributed by atoms with Gasteiger partial charge in [0.1, 0.15) is 17.2 Å². The maximum atomic E-state index is 13.6. The van der Waals surface area contributed by atoms with Gasteiger partial charge in [-0.05, 0) is 116 Å². The van der Waals surface area contributed by atoms with Crippen molar-refractivity contribution in [3.05, 3.63) is 142 Å². The van der Waals surface area contributed by atoms with E-state index in [-0.39, 0.29) is 17.5 Å². The summed E-state index contributed by atoms with van der Waals surface area (Å²) in [6.07, 6.45) is 7.66. The fourth-order valence-corrected chi connectivity index (χ4v) is 6.46. The fraction of sp³-hybridized carbons (Fsp3) is 0.225. The Kier molecular flexibility index (Phi) is 9.46. The number of rotatable bonds is 10. The number of nitrogens with one attached hydrogen (secondary N) is 1. The second kappa shape index (κ2) is 14.4. The van der Waals surface area contributed by atoms with Crippen molar-refractivity contribution in [1.29, 1.82) is 0 Å². The van der Waals surface area contributed by atoms with Crippen molar-refractivity contribution in [1.82, 2.24) is 19.0 Å². The summed E-state index contributed by atoms with van der Waals surface area (Å²) in [7, 11) is 1.63. The Morgan fingerprint density at radius 1 is 0.940 bits per heavy atom. The molecule has 1 saturated heterocycles. The molecule has 1 aliphatic heterocycles. The molecule has 2 aromatic heterocycles. The summed E-state index contributed by atoms with van der Waals surface area (Å²) in [4.78, 5) is 33.6. The van der Waals surface area contributed by atoms with Crippen molar-refractivity contribution < 1.29 is 14.3 Å². The third-order valence-corrected chi connectivity index (χ3v) is 8.99. The number of piperidine rings is 1. The lowest BCUT2D eigenvalue weighted by Crippen LogP contribution is -2.42. The number of aryl methyl sites for hydroxylation is 1. The standard InChI is InChI=1S/C40H40N6O4/c1-27-22-46(26-42-27)34-18-29(23-44-15-4-6-32(41)25-44)17-33(21-34)43-39(47)31-5-3-7-36(20-31)50-37-12-13-38-30(19-37)14-16-45(40(38)48)24-28-8-10-35(49-2)11-9-28/h3,5,7-14,16-22,26,32H,4,6,15,23-25,41H2,1-2H3,(H,43,47)/t32-/m0/s1. The van der Waals surface area contributed by atoms with Gasteiger partial charge in [0.2, 0.25) is 0 Å². The third-order valence-electron chi connectivity index (χ3n) is 8.99. The zero-order valence-corrected chi connectivity index (χ0v) is 28.2. The van der Waals surface area contributed by atoms with E-state index in [1.54, 1.807) is 60.6 Å². The Bertz CT molecular complexity index is 2210. The van der Waals surface area contributed by atoms with Crippen LogP contribution in [0.25, 0.3) is 16.5 Å². The van der Waals surface area contributed by atoms with Gasteiger partial charge in [-0.25, -0.2) is 4.98 Å². The maximum Gasteiger partial charge on any atom is 0.258 e. The molecule has 6 aromatic rings. The number of aromatic nitrogens is 3. The van der Waals surface area contributed by atoms with E-state index in [0.717, 1.165) is 66.1 Å². The molecule has 0 spiro atoms. The predicted octanol–water partition coefficient (Wildman–Crippen LogP) is 6.52. The normalized spacial score (nSPS) is 14.8. The van der Waals surface area contributed by atoms with E-state index in [1.807, 2.05) is 66.2 Å². The van der Waals surface area contributed by atoms with E-state index in [2.05, 4.69) is 21.3 Å². The molecule has 254 valence electrons. The van der Waals surface area contributed by atoms with Crippen LogP contribution in [-0.4, -0.2) is 51.2 Å². The second-order valence-corrected chi connectivity index (χ2v) is 12.9. The first-order chi connectivity index (χ1) is 24.3. The molecule has 10 nitrogen and oxygen atoms in total. The van der Waals surface area contributed by atoms with Crippen LogP contribution < -0.4 is 26.1 Å². The Hall–Kier alpha value is -5.71. The van der Waals surface area contributed by atoms with E-state index < -0.39 is 0 Å². The average Bonchev–Trinajstić information content (AvgIpc) is 3.56. The van der Waals surface area contributed by atoms with Gasteiger partial charge in [0.15, 0.2) is 0 Å². The van der Waals surface area contributed by atoms with Crippen LogP contribution in [0, 0.1) is 6.92 Å². The number of methoxy groups -OCH3 is 1. The number of amides is 1. The number of pyridine rings is 1. The van der Waals surface area contributed by atoms with Crippen LogP contribution in [0.15, 0.2) is 115 Å². The summed E-state index contributed by atoms with van der Waals surface area (Å²) >= 11 is 0. The molecule has 1 amide bonds. The van der Waals surface area contributed by atoms with Crippen molar-refractivity contribution in [3.8, 4) is 22.9 Å². The smallest absolute Gasteiger partial charge is 0.258 e. The summed E-state index contributed by atoms with van der Waals surface area (Å²) < 4.78 is 15.1. The SMILES string of the molecule is COc1ccc(Cn2ccc3cc(Oc4cccc(C(=O)Nc5cc(CN6CCC[C@H](N)C6)cc(-n6cnc(C)c6)c5)c4)ccc3c2=O)cc1. The van der Waals surface area contributed by atoms with Gasteiger partial charge in [-0.3, -0.25) is 14.5 Å². The highest BCUT2D eigenvalue weighted by Crippen LogP contribution is 2.27. The van der Waals surface area contributed by atoms with Crippen LogP contribution >= 0.6 is 0 Å². The minimum atomic E-state index is -0.253. The van der Waals surface area contributed by atoms with Gasteiger partial charge >= 0.3 is 0 Å². The van der Waals surface area contributed by atoms with Crippen molar-refractivity contribution >= 4 is 22.4 Å². The molecule has 1 fully saturated rings. The topological polar surface area (TPSA) is 117 Å². The van der Waals surface area contributed by atoms with Gasteiger partial charge in [-0.1, -0.05) is 18.2 Å². The molecule has 50 heavy (non-hydrogen) atoms. The largest absolute Gasteiger partial charge is 0.497 e. The van der Waals surface area contributed by atoms with Crippen molar-refractivity contribution in [2.75, 3.05) is 25.5 Å². The number of carbonyl (C=O) groups excluding carboxylic acids is 1. The minimum Gasteiger partial charge on any atom is -0.497 e. The first-order valence-corrected chi connectivity index (χ1v) is 16.8. The first-order valence-electron chi connectivity index (χ1n) is 16.8. The Labute approximate surface area is 290 Å². The highest BCUT2D eigenvalue weighted by Gasteiger charge is 2.18. The lowest BCUT2D eigenvalue weighted by molar-refractivity contribution is 0.102. The molecule has 3 heterocycles. The van der Waals surface area contributed by atoms with Gasteiger partial charge in [-0.2, -0.15) is 0 Å². The minimum absolute atomic E-state index is 0.0848. The Balaban J connectivity index is 1.07. The molecule has 0 aliphatic carbocycles. The summed E-state index contributed by atoms with van der Waals surface area (Å²) in [5, 5.41) is 4.46. The van der Waals surface area contributed by atoms with Crippen LogP contribution in [0.1, 0.15) is 40.0 Å². The molecule has 0 bridgehead atoms. The van der Waals surface area contributed by atoms with E-state index in [0.29, 0.717) is 34.7 Å². The molecule has 0 saturated carbocycles. The lowest BCUT2D eigenvalue weighted by Gasteiger charge is -2.30. The van der Waals surface area contributed by atoms with E-state index in [1.165, 1.54) is 0 Å². The molecule has 7 rings (SSSR count). The molecule has 4 aromatic carbocycles. The van der Waals surface area contributed by atoms with Crippen LogP contribution in [0.2, 0.25) is 0 Å². The zero-order valence-electron chi connectivity index (χ0n) is 28.2. The number of carbonyl (C=O) groups is 1. The highest BCUT2D eigenvalue weighted by molar-refractivity contribution is 6.04. The van der Waals surface area contributed by atoms with Gasteiger partial charge in [0, 0.05) is 53.8 Å². The molecule has 1 atom stereocenters. The molecular formula is C40H40N6O4. The van der Waals surface area contributed by atoms with E-state index >= 15 is 0 Å². The number of hydrogen-bond donors (Lipinski definition) is 2. The predicted molar refractivity (Wildman–Crippen MR) is 196 cm³/mol. The van der Waals surface area contributed by atoms with Crippen LogP contribution in [0.5, 0.6) is 17.2 Å². The van der Waals surface area contributed by atoms with E-state index in [4.69, 9.17) is 15.2 Å². The average molecular weight is 669 g/mol. The van der Waals surface area contributed by atoms with Crippen LogP contribution in [0.3, 0.4) is 0 Å². The maximum absolute atomic E-state index is 13.6. The quantitative estimate of drug-likeness (QED) is 0.171. The van der Waals surface area contributed by atoms with Gasteiger partial charge in [0.05, 0.1) is 25.7 Å². The number of fused-ring (bicyclic) bond motifs is 1. The number of nitrogens with two attached hydrogens (primary N) is 1. The lowest BCUT2D eigenvalue weighted by atomic mass is 10.1. The Morgan fingerprint density at radius 3 is 2.54 bits per heavy atom. The van der Waals surface area contributed by atoms with Crippen molar-refractivity contribution in [2.24, 2.45) is 5.73 Å². The van der Waals surface area contributed by atoms with Crippen LogP contribution in [-0.2, 0) is 13.1 Å². The summed E-state index contributed by atoms with van der Waals surface area (Å²) in [6, 6.07) is 28.3. The van der Waals surface area contributed by atoms with Crippen molar-refractivity contribution in [3.63, 3.8) is 0 Å². The Morgan fingerprint density at radius 2 is 1.76 bits per heavy atom. The second-order valence-electron chi connectivity index (χ2n) is 12.9. The number of likely N-dealkylation sites (tertiary alicyclic amines) is 1. The molecule has 10 heteroatoms. The van der Waals surface area contributed by atoms with Crippen LogP contribution in [0.4, 0.5) is 5.69 Å². The van der Waals surface area contributed by atoms with Crippen molar-refractivity contribution in [2.45, 2.75) is 38.9 Å². The molecule has 0 radical (unpaired) electrons. The third kappa shape index (κ3) is 7.62. The first kappa shape index (κ1) is 32.8. The number of benzene rings is 4. The number of imidazole rings is 1. The number of nitrogens with zero attached hydrogens (tertiary/aromatic N) is 4. The molecule has 1 aliphatic rings. The van der Waals surface area contributed by atoms with E-state index in [9.17, 15) is 9.59 Å². The number of ether oxygens (including phenoxy) is 2. The molecule has 0 unspecified atom stereocenters. The summed E-state index contributed by atoms with van der Waals surface area (Å²) in [5.74, 6) is 1.59. The number of hydrogen-bond acceptors (Lipinski definition) is 7. The van der Waals surface area contributed by atoms with Gasteiger partial charge < -0.3 is 29.7 Å². The van der Waals surface area contributed by atoms with Gasteiger partial charge in [-0.15, -0.1) is 0 Å². The molecule has 3 N–H and O–H groups in total.